The maximum absolute atomic E-state index is 12.8. The molecule has 2 N–H and O–H groups in total. The average Bonchev–Trinajstić information content (AvgIpc) is 2.62. The van der Waals surface area contributed by atoms with Crippen molar-refractivity contribution in [3.05, 3.63) is 64.7 Å². The number of benzene rings is 2. The molecule has 1 fully saturated rings. The summed E-state index contributed by atoms with van der Waals surface area (Å²) in [5, 5.41) is 14.3. The van der Waals surface area contributed by atoms with E-state index in [1.807, 2.05) is 0 Å². The Morgan fingerprint density at radius 3 is 2.63 bits per heavy atom. The zero-order valence-corrected chi connectivity index (χ0v) is 15.3. The smallest absolute Gasteiger partial charge is 0.416 e. The van der Waals surface area contributed by atoms with Crippen LogP contribution in [-0.2, 0) is 12.7 Å². The molecule has 0 bridgehead atoms. The lowest BCUT2D eigenvalue weighted by atomic mass is 9.89. The Morgan fingerprint density at radius 2 is 1.89 bits per heavy atom. The summed E-state index contributed by atoms with van der Waals surface area (Å²) in [6.07, 6.45) is -3.23. The van der Waals surface area contributed by atoms with Gasteiger partial charge in [-0.3, -0.25) is 0 Å². The standard InChI is InChI=1S/C20H21ClF3NO2/c21-15-6-2-7-16(11-15)27-18-9-3-8-17(19(18)26)25-12-13-4-1-5-14(10-13)20(22,23)24/h1-2,4-7,10-11,17-19,25-26H,3,8-9,12H2/t17-,18+,19+/m0/s1. The molecule has 3 atom stereocenters. The van der Waals surface area contributed by atoms with Gasteiger partial charge in [0.25, 0.3) is 0 Å². The molecule has 0 unspecified atom stereocenters. The molecule has 0 heterocycles. The van der Waals surface area contributed by atoms with Crippen molar-refractivity contribution in [1.29, 1.82) is 0 Å². The van der Waals surface area contributed by atoms with E-state index in [0.717, 1.165) is 25.0 Å². The lowest BCUT2D eigenvalue weighted by molar-refractivity contribution is -0.137. The third-order valence-corrected chi connectivity index (χ3v) is 4.94. The van der Waals surface area contributed by atoms with Crippen LogP contribution >= 0.6 is 11.6 Å². The summed E-state index contributed by atoms with van der Waals surface area (Å²) in [4.78, 5) is 0. The van der Waals surface area contributed by atoms with Crippen LogP contribution in [0.25, 0.3) is 0 Å². The van der Waals surface area contributed by atoms with Crippen LogP contribution < -0.4 is 10.1 Å². The Hall–Kier alpha value is -1.76. The largest absolute Gasteiger partial charge is 0.488 e. The third kappa shape index (κ3) is 5.37. The first-order chi connectivity index (χ1) is 12.8. The predicted molar refractivity (Wildman–Crippen MR) is 97.8 cm³/mol. The van der Waals surface area contributed by atoms with Crippen molar-refractivity contribution in [2.45, 2.75) is 50.2 Å². The van der Waals surface area contributed by atoms with Crippen LogP contribution in [0.4, 0.5) is 13.2 Å². The van der Waals surface area contributed by atoms with E-state index in [1.165, 1.54) is 6.07 Å². The van der Waals surface area contributed by atoms with E-state index in [9.17, 15) is 18.3 Å². The van der Waals surface area contributed by atoms with Crippen molar-refractivity contribution in [2.75, 3.05) is 0 Å². The van der Waals surface area contributed by atoms with E-state index >= 15 is 0 Å². The summed E-state index contributed by atoms with van der Waals surface area (Å²) < 4.78 is 44.3. The monoisotopic (exact) mass is 399 g/mol. The summed E-state index contributed by atoms with van der Waals surface area (Å²) >= 11 is 5.96. The molecule has 1 saturated carbocycles. The van der Waals surface area contributed by atoms with Gasteiger partial charge in [-0.05, 0) is 49.1 Å². The molecule has 0 spiro atoms. The molecule has 0 radical (unpaired) electrons. The van der Waals surface area contributed by atoms with Gasteiger partial charge in [-0.15, -0.1) is 0 Å². The number of hydrogen-bond donors (Lipinski definition) is 2. The zero-order valence-electron chi connectivity index (χ0n) is 14.5. The third-order valence-electron chi connectivity index (χ3n) is 4.70. The first-order valence-electron chi connectivity index (χ1n) is 8.83. The lowest BCUT2D eigenvalue weighted by Gasteiger charge is -2.35. The number of nitrogens with one attached hydrogen (secondary N) is 1. The second-order valence-electron chi connectivity index (χ2n) is 6.72. The van der Waals surface area contributed by atoms with E-state index in [-0.39, 0.29) is 12.6 Å². The Kier molecular flexibility index (Phi) is 6.29. The fraction of sp³-hybridized carbons (Fsp3) is 0.400. The molecule has 146 valence electrons. The molecule has 0 aromatic heterocycles. The van der Waals surface area contributed by atoms with Crippen molar-refractivity contribution in [2.24, 2.45) is 0 Å². The Labute approximate surface area is 161 Å². The van der Waals surface area contributed by atoms with E-state index < -0.39 is 23.9 Å². The fourth-order valence-electron chi connectivity index (χ4n) is 3.31. The van der Waals surface area contributed by atoms with Crippen LogP contribution in [0, 0.1) is 0 Å². The highest BCUT2D eigenvalue weighted by molar-refractivity contribution is 6.30. The second-order valence-corrected chi connectivity index (χ2v) is 7.16. The van der Waals surface area contributed by atoms with Crippen molar-refractivity contribution in [3.63, 3.8) is 0 Å². The first-order valence-corrected chi connectivity index (χ1v) is 9.20. The molecule has 2 aromatic carbocycles. The van der Waals surface area contributed by atoms with Crippen molar-refractivity contribution in [1.82, 2.24) is 5.32 Å². The molecule has 3 nitrogen and oxygen atoms in total. The Balaban J connectivity index is 1.60. The molecule has 0 amide bonds. The van der Waals surface area contributed by atoms with Crippen LogP contribution in [0.5, 0.6) is 5.75 Å². The molecule has 1 aliphatic carbocycles. The normalized spacial score (nSPS) is 23.2. The van der Waals surface area contributed by atoms with Gasteiger partial charge in [0.05, 0.1) is 5.56 Å². The number of ether oxygens (including phenoxy) is 1. The fourth-order valence-corrected chi connectivity index (χ4v) is 3.49. The molecule has 7 heteroatoms. The highest BCUT2D eigenvalue weighted by Crippen LogP contribution is 2.30. The van der Waals surface area contributed by atoms with E-state index in [1.54, 1.807) is 30.3 Å². The SMILES string of the molecule is O[C@@H]1[C@@H](NCc2cccc(C(F)(F)F)c2)CCC[C@H]1Oc1cccc(Cl)c1. The quantitative estimate of drug-likeness (QED) is 0.758. The van der Waals surface area contributed by atoms with Gasteiger partial charge in [-0.25, -0.2) is 0 Å². The van der Waals surface area contributed by atoms with Crippen LogP contribution in [0.15, 0.2) is 48.5 Å². The second kappa shape index (κ2) is 8.50. The Bertz CT molecular complexity index is 769. The molecule has 3 rings (SSSR count). The topological polar surface area (TPSA) is 41.5 Å². The van der Waals surface area contributed by atoms with Gasteiger partial charge in [0.15, 0.2) is 0 Å². The van der Waals surface area contributed by atoms with Crippen LogP contribution in [0.3, 0.4) is 0 Å². The molecule has 2 aromatic rings. The molecule has 0 saturated heterocycles. The van der Waals surface area contributed by atoms with Gasteiger partial charge >= 0.3 is 6.18 Å². The van der Waals surface area contributed by atoms with Crippen LogP contribution in [0.2, 0.25) is 5.02 Å². The number of aliphatic hydroxyl groups excluding tert-OH is 1. The molecule has 27 heavy (non-hydrogen) atoms. The van der Waals surface area contributed by atoms with Gasteiger partial charge in [-0.2, -0.15) is 13.2 Å². The van der Waals surface area contributed by atoms with E-state index in [0.29, 0.717) is 22.8 Å². The van der Waals surface area contributed by atoms with Crippen LogP contribution in [-0.4, -0.2) is 23.4 Å². The molecular formula is C20H21ClF3NO2. The van der Waals surface area contributed by atoms with Crippen molar-refractivity contribution >= 4 is 11.6 Å². The summed E-state index contributed by atoms with van der Waals surface area (Å²) in [6, 6.07) is 11.9. The summed E-state index contributed by atoms with van der Waals surface area (Å²) in [6.45, 7) is 0.246. The number of rotatable bonds is 5. The minimum atomic E-state index is -4.36. The number of halogens is 4. The van der Waals surface area contributed by atoms with E-state index in [2.05, 4.69) is 5.32 Å². The first kappa shape index (κ1) is 20.0. The highest BCUT2D eigenvalue weighted by Gasteiger charge is 2.33. The van der Waals surface area contributed by atoms with Gasteiger partial charge < -0.3 is 15.2 Å². The lowest BCUT2D eigenvalue weighted by Crippen LogP contribution is -2.50. The van der Waals surface area contributed by atoms with Crippen molar-refractivity contribution < 1.29 is 23.0 Å². The zero-order chi connectivity index (χ0) is 19.4. The van der Waals surface area contributed by atoms with Crippen LogP contribution in [0.1, 0.15) is 30.4 Å². The predicted octanol–water partition coefficient (Wildman–Crippen LogP) is 4.81. The van der Waals surface area contributed by atoms with Gasteiger partial charge in [-0.1, -0.05) is 35.9 Å². The molecular weight excluding hydrogens is 379 g/mol. The van der Waals surface area contributed by atoms with Gasteiger partial charge in [0.2, 0.25) is 0 Å². The number of hydrogen-bond acceptors (Lipinski definition) is 3. The average molecular weight is 400 g/mol. The van der Waals surface area contributed by atoms with Gasteiger partial charge in [0.1, 0.15) is 18.0 Å². The summed E-state index contributed by atoms with van der Waals surface area (Å²) in [5.41, 5.74) is -0.150. The van der Waals surface area contributed by atoms with E-state index in [4.69, 9.17) is 16.3 Å². The highest BCUT2D eigenvalue weighted by atomic mass is 35.5. The minimum absolute atomic E-state index is 0.246. The summed E-state index contributed by atoms with van der Waals surface area (Å²) in [5.74, 6) is 0.588. The molecule has 1 aliphatic rings. The summed E-state index contributed by atoms with van der Waals surface area (Å²) in [7, 11) is 0. The minimum Gasteiger partial charge on any atom is -0.488 e. The maximum Gasteiger partial charge on any atom is 0.416 e. The maximum atomic E-state index is 12.8. The van der Waals surface area contributed by atoms with Gasteiger partial charge in [0, 0.05) is 17.6 Å². The van der Waals surface area contributed by atoms with Crippen molar-refractivity contribution in [3.8, 4) is 5.75 Å². The number of aliphatic hydroxyl groups is 1. The number of alkyl halides is 3. The Morgan fingerprint density at radius 1 is 1.11 bits per heavy atom. The molecule has 0 aliphatic heterocycles.